The summed E-state index contributed by atoms with van der Waals surface area (Å²) < 4.78 is 12.7. The van der Waals surface area contributed by atoms with Crippen molar-refractivity contribution in [1.29, 1.82) is 0 Å². The first-order valence-corrected chi connectivity index (χ1v) is 6.73. The van der Waals surface area contributed by atoms with Crippen LogP contribution in [0.15, 0.2) is 24.3 Å². The van der Waals surface area contributed by atoms with Crippen LogP contribution in [0.5, 0.6) is 0 Å². The Hall–Kier alpha value is -1.62. The molecule has 1 rings (SSSR count). The van der Waals surface area contributed by atoms with Crippen LogP contribution in [0.3, 0.4) is 0 Å². The third-order valence-electron chi connectivity index (χ3n) is 2.74. The van der Waals surface area contributed by atoms with E-state index in [0.29, 0.717) is 25.1 Å². The number of halogens is 1. The van der Waals surface area contributed by atoms with Crippen molar-refractivity contribution in [3.8, 4) is 0 Å². The zero-order chi connectivity index (χ0) is 15.2. The highest BCUT2D eigenvalue weighted by Gasteiger charge is 2.12. The van der Waals surface area contributed by atoms with Gasteiger partial charge in [-0.05, 0) is 29.5 Å². The highest BCUT2D eigenvalue weighted by Crippen LogP contribution is 2.16. The quantitative estimate of drug-likeness (QED) is 0.777. The second-order valence-corrected chi connectivity index (χ2v) is 6.03. The van der Waals surface area contributed by atoms with Crippen molar-refractivity contribution in [1.82, 2.24) is 10.6 Å². The summed E-state index contributed by atoms with van der Waals surface area (Å²) >= 11 is 0. The van der Waals surface area contributed by atoms with E-state index in [1.807, 2.05) is 20.8 Å². The van der Waals surface area contributed by atoms with Crippen LogP contribution in [0, 0.1) is 11.2 Å². The van der Waals surface area contributed by atoms with E-state index in [1.54, 1.807) is 12.1 Å². The molecule has 2 amide bonds. The summed E-state index contributed by atoms with van der Waals surface area (Å²) in [5, 5.41) is 15.3. The second kappa shape index (κ2) is 7.24. The molecule has 5 heteroatoms. The summed E-state index contributed by atoms with van der Waals surface area (Å²) in [6, 6.07) is 5.45. The maximum Gasteiger partial charge on any atom is 0.314 e. The van der Waals surface area contributed by atoms with E-state index >= 15 is 0 Å². The molecule has 4 nitrogen and oxygen atoms in total. The normalized spacial score (nSPS) is 12.8. The number of rotatable bonds is 5. The van der Waals surface area contributed by atoms with E-state index in [-0.39, 0.29) is 17.3 Å². The Morgan fingerprint density at radius 3 is 2.40 bits per heavy atom. The average Bonchev–Trinajstić information content (AvgIpc) is 2.36. The minimum atomic E-state index is -0.710. The van der Waals surface area contributed by atoms with Gasteiger partial charge in [0, 0.05) is 13.1 Å². The van der Waals surface area contributed by atoms with Gasteiger partial charge in [-0.1, -0.05) is 32.9 Å². The predicted molar refractivity (Wildman–Crippen MR) is 76.8 cm³/mol. The molecule has 0 aliphatic carbocycles. The Morgan fingerprint density at radius 2 is 1.85 bits per heavy atom. The number of carbonyl (C=O) groups excluding carboxylic acids is 1. The maximum atomic E-state index is 12.7. The summed E-state index contributed by atoms with van der Waals surface area (Å²) in [5.41, 5.74) is 0.675. The van der Waals surface area contributed by atoms with E-state index in [9.17, 15) is 14.3 Å². The number of urea groups is 1. The molecule has 0 aromatic heterocycles. The zero-order valence-corrected chi connectivity index (χ0v) is 12.2. The largest absolute Gasteiger partial charge is 0.388 e. The molecule has 1 unspecified atom stereocenters. The Morgan fingerprint density at radius 1 is 1.25 bits per heavy atom. The molecule has 0 aliphatic rings. The number of benzene rings is 1. The molecule has 112 valence electrons. The van der Waals surface area contributed by atoms with Crippen LogP contribution in [-0.2, 0) is 0 Å². The van der Waals surface area contributed by atoms with Crippen molar-refractivity contribution in [2.24, 2.45) is 5.41 Å². The highest BCUT2D eigenvalue weighted by molar-refractivity contribution is 5.73. The lowest BCUT2D eigenvalue weighted by Crippen LogP contribution is -2.40. The van der Waals surface area contributed by atoms with Gasteiger partial charge in [0.05, 0.1) is 6.10 Å². The first kappa shape index (κ1) is 16.4. The Bertz CT molecular complexity index is 426. The zero-order valence-electron chi connectivity index (χ0n) is 12.2. The second-order valence-electron chi connectivity index (χ2n) is 6.03. The molecular formula is C15H23FN2O2. The van der Waals surface area contributed by atoms with E-state index in [2.05, 4.69) is 10.6 Å². The third-order valence-corrected chi connectivity index (χ3v) is 2.74. The van der Waals surface area contributed by atoms with E-state index in [0.717, 1.165) is 0 Å². The molecule has 1 aromatic rings. The van der Waals surface area contributed by atoms with Crippen LogP contribution in [0.1, 0.15) is 38.9 Å². The maximum absolute atomic E-state index is 12.7. The van der Waals surface area contributed by atoms with Gasteiger partial charge in [0.15, 0.2) is 0 Å². The van der Waals surface area contributed by atoms with E-state index in [1.165, 1.54) is 12.1 Å². The first-order valence-electron chi connectivity index (χ1n) is 6.73. The van der Waals surface area contributed by atoms with Crippen molar-refractivity contribution in [3.05, 3.63) is 35.6 Å². The highest BCUT2D eigenvalue weighted by atomic mass is 19.1. The van der Waals surface area contributed by atoms with Crippen LogP contribution >= 0.6 is 0 Å². The van der Waals surface area contributed by atoms with Crippen LogP contribution in [0.25, 0.3) is 0 Å². The van der Waals surface area contributed by atoms with Gasteiger partial charge in [-0.25, -0.2) is 9.18 Å². The van der Waals surface area contributed by atoms with Gasteiger partial charge in [0.25, 0.3) is 0 Å². The Labute approximate surface area is 119 Å². The lowest BCUT2D eigenvalue weighted by molar-refractivity contribution is 0.166. The number of hydrogen-bond donors (Lipinski definition) is 3. The van der Waals surface area contributed by atoms with Gasteiger partial charge >= 0.3 is 6.03 Å². The number of aliphatic hydroxyl groups excluding tert-OH is 1. The third kappa shape index (κ3) is 6.52. The van der Waals surface area contributed by atoms with Gasteiger partial charge in [-0.15, -0.1) is 0 Å². The molecule has 1 aromatic carbocycles. The Balaban J connectivity index is 2.26. The molecule has 0 heterocycles. The van der Waals surface area contributed by atoms with Gasteiger partial charge in [0.2, 0.25) is 0 Å². The molecular weight excluding hydrogens is 259 g/mol. The fraction of sp³-hybridized carbons (Fsp3) is 0.533. The van der Waals surface area contributed by atoms with Crippen molar-refractivity contribution in [3.63, 3.8) is 0 Å². The molecule has 20 heavy (non-hydrogen) atoms. The Kier molecular flexibility index (Phi) is 5.95. The summed E-state index contributed by atoms with van der Waals surface area (Å²) in [6.45, 7) is 7.04. The molecule has 0 saturated heterocycles. The number of hydrogen-bond acceptors (Lipinski definition) is 2. The molecule has 1 atom stereocenters. The number of nitrogens with one attached hydrogen (secondary N) is 2. The van der Waals surface area contributed by atoms with Crippen molar-refractivity contribution >= 4 is 6.03 Å². The molecule has 0 aliphatic heterocycles. The molecule has 0 fully saturated rings. The standard InChI is InChI=1S/C15H23FN2O2/c1-15(2,3)10-18-14(20)17-9-8-13(19)11-4-6-12(16)7-5-11/h4-7,13,19H,8-10H2,1-3H3,(H2,17,18,20). The topological polar surface area (TPSA) is 61.4 Å². The predicted octanol–water partition coefficient (Wildman–Crippen LogP) is 2.59. The molecule has 0 bridgehead atoms. The van der Waals surface area contributed by atoms with Crippen LogP contribution < -0.4 is 10.6 Å². The summed E-state index contributed by atoms with van der Waals surface area (Å²) in [7, 11) is 0. The van der Waals surface area contributed by atoms with E-state index < -0.39 is 6.10 Å². The lowest BCUT2D eigenvalue weighted by Gasteiger charge is -2.19. The van der Waals surface area contributed by atoms with Crippen molar-refractivity contribution in [2.45, 2.75) is 33.3 Å². The van der Waals surface area contributed by atoms with Gasteiger partial charge in [-0.2, -0.15) is 0 Å². The SMILES string of the molecule is CC(C)(C)CNC(=O)NCCC(O)c1ccc(F)cc1. The molecule has 3 N–H and O–H groups in total. The van der Waals surface area contributed by atoms with E-state index in [4.69, 9.17) is 0 Å². The number of aliphatic hydroxyl groups is 1. The monoisotopic (exact) mass is 282 g/mol. The molecule has 0 radical (unpaired) electrons. The van der Waals surface area contributed by atoms with Gasteiger partial charge in [-0.3, -0.25) is 0 Å². The van der Waals surface area contributed by atoms with Crippen LogP contribution in [0.2, 0.25) is 0 Å². The smallest absolute Gasteiger partial charge is 0.314 e. The summed E-state index contributed by atoms with van der Waals surface area (Å²) in [6.07, 6.45) is -0.326. The van der Waals surface area contributed by atoms with Crippen LogP contribution in [-0.4, -0.2) is 24.2 Å². The molecule has 0 spiro atoms. The number of carbonyl (C=O) groups is 1. The average molecular weight is 282 g/mol. The lowest BCUT2D eigenvalue weighted by atomic mass is 9.97. The minimum absolute atomic E-state index is 0.0327. The first-order chi connectivity index (χ1) is 9.28. The fourth-order valence-electron chi connectivity index (χ4n) is 1.58. The van der Waals surface area contributed by atoms with Gasteiger partial charge < -0.3 is 15.7 Å². The van der Waals surface area contributed by atoms with Crippen molar-refractivity contribution in [2.75, 3.05) is 13.1 Å². The van der Waals surface area contributed by atoms with Crippen molar-refractivity contribution < 1.29 is 14.3 Å². The summed E-state index contributed by atoms with van der Waals surface area (Å²) in [5.74, 6) is -0.333. The molecule has 0 saturated carbocycles. The van der Waals surface area contributed by atoms with Crippen LogP contribution in [0.4, 0.5) is 9.18 Å². The number of amides is 2. The minimum Gasteiger partial charge on any atom is -0.388 e. The van der Waals surface area contributed by atoms with Gasteiger partial charge in [0.1, 0.15) is 5.82 Å². The fourth-order valence-corrected chi connectivity index (χ4v) is 1.58. The summed E-state index contributed by atoms with van der Waals surface area (Å²) in [4.78, 5) is 11.5.